The molecule has 0 spiro atoms. The van der Waals surface area contributed by atoms with E-state index in [-0.39, 0.29) is 10.4 Å². The molecule has 54 valence electrons. The van der Waals surface area contributed by atoms with E-state index in [0.717, 1.165) is 12.8 Å². The summed E-state index contributed by atoms with van der Waals surface area (Å²) in [5.74, 6) is 0. The van der Waals surface area contributed by atoms with Gasteiger partial charge in [0.25, 0.3) is 0 Å². The monoisotopic (exact) mass is 192 g/mol. The van der Waals surface area contributed by atoms with Crippen LogP contribution in [0.5, 0.6) is 0 Å². The molecule has 0 aromatic rings. The molecule has 0 radical (unpaired) electrons. The summed E-state index contributed by atoms with van der Waals surface area (Å²) < 4.78 is 0.00521. The van der Waals surface area contributed by atoms with Gasteiger partial charge in [-0.2, -0.15) is 0 Å². The quantitative estimate of drug-likeness (QED) is 0.584. The van der Waals surface area contributed by atoms with Crippen LogP contribution in [-0.2, 0) is 0 Å². The number of aliphatic hydroxyl groups excluding tert-OH is 1. The fourth-order valence-electron chi connectivity index (χ4n) is 1.28. The molecule has 1 nitrogen and oxygen atoms in total. The Hall–Kier alpha value is 0.440. The van der Waals surface area contributed by atoms with Gasteiger partial charge in [-0.3, -0.25) is 0 Å². The van der Waals surface area contributed by atoms with Crippen LogP contribution in [0.2, 0.25) is 0 Å². The number of hydrogen-bond donors (Lipinski definition) is 1. The second-order valence-corrected chi connectivity index (χ2v) is 4.85. The molecule has 2 atom stereocenters. The van der Waals surface area contributed by atoms with Gasteiger partial charge >= 0.3 is 0 Å². The lowest BCUT2D eigenvalue weighted by atomic mass is 9.88. The van der Waals surface area contributed by atoms with E-state index in [2.05, 4.69) is 22.9 Å². The van der Waals surface area contributed by atoms with Gasteiger partial charge < -0.3 is 5.11 Å². The molecular weight excluding hydrogens is 180 g/mol. The van der Waals surface area contributed by atoms with E-state index in [1.54, 1.807) is 0 Å². The number of alkyl halides is 1. The third-order valence-corrected chi connectivity index (χ3v) is 3.01. The fourth-order valence-corrected chi connectivity index (χ4v) is 1.79. The Morgan fingerprint density at radius 1 is 1.56 bits per heavy atom. The largest absolute Gasteiger partial charge is 0.392 e. The van der Waals surface area contributed by atoms with E-state index in [1.807, 2.05) is 0 Å². The Bertz CT molecular complexity index is 101. The van der Waals surface area contributed by atoms with Gasteiger partial charge in [0.15, 0.2) is 0 Å². The Labute approximate surface area is 64.6 Å². The number of hydrogen-bond acceptors (Lipinski definition) is 1. The van der Waals surface area contributed by atoms with Crippen molar-refractivity contribution in [2.75, 3.05) is 0 Å². The lowest BCUT2D eigenvalue weighted by molar-refractivity contribution is 0.101. The molecule has 1 saturated carbocycles. The zero-order valence-electron chi connectivity index (χ0n) is 5.73. The average molecular weight is 193 g/mol. The van der Waals surface area contributed by atoms with Crippen LogP contribution >= 0.6 is 15.9 Å². The van der Waals surface area contributed by atoms with E-state index in [0.29, 0.717) is 0 Å². The van der Waals surface area contributed by atoms with Gasteiger partial charge in [-0.15, -0.1) is 0 Å². The second kappa shape index (κ2) is 2.59. The molecule has 9 heavy (non-hydrogen) atoms. The predicted molar refractivity (Wildman–Crippen MR) is 41.8 cm³/mol. The zero-order valence-corrected chi connectivity index (χ0v) is 7.32. The summed E-state index contributed by atoms with van der Waals surface area (Å²) in [6.45, 7) is 2.07. The Morgan fingerprint density at radius 2 is 2.22 bits per heavy atom. The summed E-state index contributed by atoms with van der Waals surface area (Å²) in [6.07, 6.45) is 4.36. The molecule has 0 aromatic carbocycles. The number of halogens is 1. The van der Waals surface area contributed by atoms with Crippen LogP contribution in [0.1, 0.15) is 32.6 Å². The van der Waals surface area contributed by atoms with Gasteiger partial charge in [-0.1, -0.05) is 28.8 Å². The van der Waals surface area contributed by atoms with Crippen molar-refractivity contribution in [1.82, 2.24) is 0 Å². The van der Waals surface area contributed by atoms with Gasteiger partial charge in [0.1, 0.15) is 0 Å². The molecule has 0 aliphatic heterocycles. The van der Waals surface area contributed by atoms with E-state index < -0.39 is 0 Å². The first-order valence-electron chi connectivity index (χ1n) is 3.50. The number of rotatable bonds is 0. The van der Waals surface area contributed by atoms with Gasteiger partial charge in [-0.05, 0) is 19.8 Å². The number of aliphatic hydroxyl groups is 1. The molecule has 0 aromatic heterocycles. The van der Waals surface area contributed by atoms with Crippen LogP contribution in [0.15, 0.2) is 0 Å². The highest BCUT2D eigenvalue weighted by atomic mass is 79.9. The molecule has 1 rings (SSSR count). The lowest BCUT2D eigenvalue weighted by Gasteiger charge is -2.32. The fraction of sp³-hybridized carbons (Fsp3) is 1.00. The smallest absolute Gasteiger partial charge is 0.0690 e. The highest BCUT2D eigenvalue weighted by molar-refractivity contribution is 9.10. The van der Waals surface area contributed by atoms with Crippen LogP contribution in [0.4, 0.5) is 0 Å². The molecule has 1 N–H and O–H groups in total. The Balaban J connectivity index is 2.49. The van der Waals surface area contributed by atoms with E-state index in [1.165, 1.54) is 12.8 Å². The molecule has 1 aliphatic carbocycles. The third kappa shape index (κ3) is 1.68. The van der Waals surface area contributed by atoms with Crippen molar-refractivity contribution in [1.29, 1.82) is 0 Å². The SMILES string of the molecule is C[C@]1(Br)CCCC[C@H]1O. The topological polar surface area (TPSA) is 20.2 Å². The maximum Gasteiger partial charge on any atom is 0.0690 e. The Kier molecular flexibility index (Phi) is 2.17. The van der Waals surface area contributed by atoms with Gasteiger partial charge in [-0.25, -0.2) is 0 Å². The van der Waals surface area contributed by atoms with Crippen molar-refractivity contribution < 1.29 is 5.11 Å². The van der Waals surface area contributed by atoms with Gasteiger partial charge in [0.2, 0.25) is 0 Å². The van der Waals surface area contributed by atoms with E-state index in [9.17, 15) is 5.11 Å². The first kappa shape index (κ1) is 7.55. The molecule has 0 bridgehead atoms. The predicted octanol–water partition coefficient (Wildman–Crippen LogP) is 2.07. The van der Waals surface area contributed by atoms with Crippen molar-refractivity contribution in [3.8, 4) is 0 Å². The Morgan fingerprint density at radius 3 is 2.56 bits per heavy atom. The highest BCUT2D eigenvalue weighted by Crippen LogP contribution is 2.35. The maximum absolute atomic E-state index is 9.39. The van der Waals surface area contributed by atoms with Crippen molar-refractivity contribution in [2.45, 2.75) is 43.0 Å². The first-order chi connectivity index (χ1) is 4.13. The molecule has 2 heteroatoms. The zero-order chi connectivity index (χ0) is 6.91. The van der Waals surface area contributed by atoms with E-state index in [4.69, 9.17) is 0 Å². The molecule has 1 aliphatic rings. The average Bonchev–Trinajstić information content (AvgIpc) is 1.77. The summed E-state index contributed by atoms with van der Waals surface area (Å²) in [6, 6.07) is 0. The van der Waals surface area contributed by atoms with Gasteiger partial charge in [0.05, 0.1) is 6.10 Å². The van der Waals surface area contributed by atoms with Crippen LogP contribution in [0.25, 0.3) is 0 Å². The normalized spacial score (nSPS) is 45.0. The molecule has 0 saturated heterocycles. The summed E-state index contributed by atoms with van der Waals surface area (Å²) in [5, 5.41) is 9.39. The van der Waals surface area contributed by atoms with Crippen molar-refractivity contribution >= 4 is 15.9 Å². The summed E-state index contributed by atoms with van der Waals surface area (Å²) in [7, 11) is 0. The minimum absolute atomic E-state index is 0.00521. The standard InChI is InChI=1S/C7H13BrO/c1-7(8)5-3-2-4-6(7)9/h6,9H,2-5H2,1H3/t6-,7+/m1/s1. The lowest BCUT2D eigenvalue weighted by Crippen LogP contribution is -2.35. The molecule has 0 unspecified atom stereocenters. The first-order valence-corrected chi connectivity index (χ1v) is 4.29. The molecule has 0 heterocycles. The van der Waals surface area contributed by atoms with Crippen LogP contribution in [-0.4, -0.2) is 15.5 Å². The highest BCUT2D eigenvalue weighted by Gasteiger charge is 2.32. The molecule has 1 fully saturated rings. The minimum atomic E-state index is -0.133. The van der Waals surface area contributed by atoms with Crippen LogP contribution < -0.4 is 0 Å². The van der Waals surface area contributed by atoms with Crippen molar-refractivity contribution in [3.63, 3.8) is 0 Å². The molecule has 0 amide bonds. The summed E-state index contributed by atoms with van der Waals surface area (Å²) >= 11 is 3.51. The third-order valence-electron chi connectivity index (χ3n) is 2.09. The van der Waals surface area contributed by atoms with Crippen molar-refractivity contribution in [3.05, 3.63) is 0 Å². The van der Waals surface area contributed by atoms with Crippen LogP contribution in [0, 0.1) is 0 Å². The molecular formula is C7H13BrO. The van der Waals surface area contributed by atoms with Gasteiger partial charge in [0, 0.05) is 4.32 Å². The van der Waals surface area contributed by atoms with E-state index >= 15 is 0 Å². The summed E-state index contributed by atoms with van der Waals surface area (Å²) in [4.78, 5) is 0. The van der Waals surface area contributed by atoms with Crippen molar-refractivity contribution in [2.24, 2.45) is 0 Å². The minimum Gasteiger partial charge on any atom is -0.392 e. The van der Waals surface area contributed by atoms with Crippen LogP contribution in [0.3, 0.4) is 0 Å². The maximum atomic E-state index is 9.39. The summed E-state index contributed by atoms with van der Waals surface area (Å²) in [5.41, 5.74) is 0. The second-order valence-electron chi connectivity index (χ2n) is 3.04.